The fourth-order valence-electron chi connectivity index (χ4n) is 8.32. The first-order chi connectivity index (χ1) is 15.2. The highest BCUT2D eigenvalue weighted by Crippen LogP contribution is 2.68. The highest BCUT2D eigenvalue weighted by Gasteiger charge is 2.69. The lowest BCUT2D eigenvalue weighted by Crippen LogP contribution is -2.62. The molecular weight excluding hydrogens is 420 g/mol. The third kappa shape index (κ3) is 3.58. The first kappa shape index (κ1) is 25.3. The van der Waals surface area contributed by atoms with E-state index in [1.807, 2.05) is 13.8 Å². The molecule has 6 nitrogen and oxygen atoms in total. The SMILES string of the molecule is CC(C)CC[C@H](O)[C@](C)(O)[C@H]1CC[C@@]2(O)C3=CC(=O)[C@@H]4C[C@@H](O)[C@@H](O)C[C@]4(C)[C@H]3CC[C@]12C. The monoisotopic (exact) mass is 464 g/mol. The molecule has 0 radical (unpaired) electrons. The Balaban J connectivity index is 1.68. The molecule has 5 N–H and O–H groups in total. The maximum atomic E-state index is 13.2. The van der Waals surface area contributed by atoms with E-state index in [-0.39, 0.29) is 30.0 Å². The van der Waals surface area contributed by atoms with E-state index in [4.69, 9.17) is 0 Å². The van der Waals surface area contributed by atoms with Crippen LogP contribution in [0, 0.1) is 34.5 Å². The van der Waals surface area contributed by atoms with E-state index in [0.717, 1.165) is 18.4 Å². The van der Waals surface area contributed by atoms with Crippen LogP contribution in [0.15, 0.2) is 11.6 Å². The fourth-order valence-corrected chi connectivity index (χ4v) is 8.32. The second-order valence-corrected chi connectivity index (χ2v) is 12.8. The third-order valence-corrected chi connectivity index (χ3v) is 10.5. The topological polar surface area (TPSA) is 118 Å². The van der Waals surface area contributed by atoms with Gasteiger partial charge in [0, 0.05) is 11.3 Å². The van der Waals surface area contributed by atoms with E-state index in [1.54, 1.807) is 13.0 Å². The summed E-state index contributed by atoms with van der Waals surface area (Å²) in [6.45, 7) is 9.96. The summed E-state index contributed by atoms with van der Waals surface area (Å²) in [6, 6.07) is 0. The Kier molecular flexibility index (Phi) is 6.23. The lowest BCUT2D eigenvalue weighted by molar-refractivity contribution is -0.176. The molecular formula is C27H44O6. The third-order valence-electron chi connectivity index (χ3n) is 10.5. The van der Waals surface area contributed by atoms with Crippen LogP contribution in [0.3, 0.4) is 0 Å². The Morgan fingerprint density at radius 3 is 2.39 bits per heavy atom. The molecule has 10 atom stereocenters. The van der Waals surface area contributed by atoms with Crippen molar-refractivity contribution in [1.82, 2.24) is 0 Å². The van der Waals surface area contributed by atoms with Crippen LogP contribution in [0.1, 0.15) is 86.0 Å². The summed E-state index contributed by atoms with van der Waals surface area (Å²) in [5.41, 5.74) is -2.98. The highest BCUT2D eigenvalue weighted by molar-refractivity contribution is 5.95. The second-order valence-electron chi connectivity index (χ2n) is 12.8. The van der Waals surface area contributed by atoms with Gasteiger partial charge in [0.05, 0.1) is 29.5 Å². The highest BCUT2D eigenvalue weighted by atomic mass is 16.3. The molecule has 0 spiro atoms. The number of hydrogen-bond acceptors (Lipinski definition) is 6. The van der Waals surface area contributed by atoms with Crippen LogP contribution in [0.2, 0.25) is 0 Å². The Morgan fingerprint density at radius 2 is 1.76 bits per heavy atom. The van der Waals surface area contributed by atoms with Crippen LogP contribution in [0.5, 0.6) is 0 Å². The summed E-state index contributed by atoms with van der Waals surface area (Å²) in [7, 11) is 0. The van der Waals surface area contributed by atoms with Gasteiger partial charge in [0.15, 0.2) is 5.78 Å². The molecule has 0 aromatic heterocycles. The summed E-state index contributed by atoms with van der Waals surface area (Å²) >= 11 is 0. The maximum Gasteiger partial charge on any atom is 0.159 e. The van der Waals surface area contributed by atoms with Crippen molar-refractivity contribution < 1.29 is 30.3 Å². The van der Waals surface area contributed by atoms with E-state index in [2.05, 4.69) is 13.8 Å². The van der Waals surface area contributed by atoms with Crippen LogP contribution in [-0.4, -0.2) is 60.8 Å². The summed E-state index contributed by atoms with van der Waals surface area (Å²) < 4.78 is 0. The minimum absolute atomic E-state index is 0.0463. The first-order valence-corrected chi connectivity index (χ1v) is 12.9. The van der Waals surface area contributed by atoms with Gasteiger partial charge in [0.2, 0.25) is 0 Å². The molecule has 4 rings (SSSR count). The van der Waals surface area contributed by atoms with Crippen LogP contribution >= 0.6 is 0 Å². The number of carbonyl (C=O) groups is 1. The van der Waals surface area contributed by atoms with Gasteiger partial charge in [-0.2, -0.15) is 0 Å². The molecule has 0 aromatic rings. The van der Waals surface area contributed by atoms with Gasteiger partial charge in [0.25, 0.3) is 0 Å². The van der Waals surface area contributed by atoms with Crippen LogP contribution < -0.4 is 0 Å². The molecule has 0 aliphatic heterocycles. The zero-order valence-electron chi connectivity index (χ0n) is 20.9. The average molecular weight is 465 g/mol. The second kappa shape index (κ2) is 8.12. The largest absolute Gasteiger partial charge is 0.390 e. The number of aliphatic hydroxyl groups excluding tert-OH is 3. The number of hydrogen-bond donors (Lipinski definition) is 5. The zero-order valence-corrected chi connectivity index (χ0v) is 20.9. The lowest BCUT2D eigenvalue weighted by Gasteiger charge is -2.60. The van der Waals surface area contributed by atoms with Crippen molar-refractivity contribution in [2.24, 2.45) is 34.5 Å². The van der Waals surface area contributed by atoms with E-state index >= 15 is 0 Å². The predicted octanol–water partition coefficient (Wildman–Crippen LogP) is 2.74. The summed E-state index contributed by atoms with van der Waals surface area (Å²) in [5, 5.41) is 55.4. The molecule has 4 aliphatic rings. The number of aliphatic hydroxyl groups is 5. The van der Waals surface area contributed by atoms with Crippen molar-refractivity contribution in [3.05, 3.63) is 11.6 Å². The number of carbonyl (C=O) groups excluding carboxylic acids is 1. The maximum absolute atomic E-state index is 13.2. The van der Waals surface area contributed by atoms with Gasteiger partial charge in [-0.3, -0.25) is 4.79 Å². The Labute approximate surface area is 198 Å². The van der Waals surface area contributed by atoms with E-state index < -0.39 is 40.3 Å². The van der Waals surface area contributed by atoms with Crippen LogP contribution in [0.4, 0.5) is 0 Å². The molecule has 0 saturated heterocycles. The normalized spacial score (nSPS) is 47.9. The predicted molar refractivity (Wildman–Crippen MR) is 125 cm³/mol. The molecule has 3 saturated carbocycles. The van der Waals surface area contributed by atoms with Gasteiger partial charge >= 0.3 is 0 Å². The van der Waals surface area contributed by atoms with Gasteiger partial charge in [-0.1, -0.05) is 27.7 Å². The summed E-state index contributed by atoms with van der Waals surface area (Å²) in [4.78, 5) is 13.2. The van der Waals surface area contributed by atoms with E-state index in [1.165, 1.54) is 0 Å². The number of ketones is 1. The quantitative estimate of drug-likeness (QED) is 0.427. The molecule has 33 heavy (non-hydrogen) atoms. The molecule has 0 unspecified atom stereocenters. The van der Waals surface area contributed by atoms with Crippen LogP contribution in [0.25, 0.3) is 0 Å². The number of rotatable bonds is 5. The molecule has 0 amide bonds. The Hall–Kier alpha value is -0.790. The molecule has 0 bridgehead atoms. The number of fused-ring (bicyclic) bond motifs is 5. The molecule has 188 valence electrons. The lowest BCUT2D eigenvalue weighted by atomic mass is 9.45. The average Bonchev–Trinajstić information content (AvgIpc) is 3.00. The molecule has 0 heterocycles. The van der Waals surface area contributed by atoms with E-state index in [9.17, 15) is 30.3 Å². The summed E-state index contributed by atoms with van der Waals surface area (Å²) in [6.07, 6.45) is 3.39. The standard InChI is InChI=1S/C27H44O6/c1-15(2)6-7-23(31)26(5,32)22-9-11-27(33)17-12-19(28)18-13-20(29)21(30)14-24(18,3)16(17)8-10-25(22,27)4/h12,15-16,18,20-23,29-33H,6-11,13-14H2,1-5H3/t16-,18-,20+,21-,22-,23-,24+,25+,26+,27+/m0/s1. The van der Waals surface area contributed by atoms with Crippen molar-refractivity contribution in [1.29, 1.82) is 0 Å². The first-order valence-electron chi connectivity index (χ1n) is 12.9. The molecule has 3 fully saturated rings. The van der Waals surface area contributed by atoms with Gasteiger partial charge in [0.1, 0.15) is 0 Å². The molecule has 4 aliphatic carbocycles. The Bertz CT molecular complexity index is 819. The van der Waals surface area contributed by atoms with Gasteiger partial charge < -0.3 is 25.5 Å². The zero-order chi connectivity index (χ0) is 24.6. The summed E-state index contributed by atoms with van der Waals surface area (Å²) in [5.74, 6) is -0.331. The van der Waals surface area contributed by atoms with Gasteiger partial charge in [-0.05, 0) is 93.1 Å². The smallest absolute Gasteiger partial charge is 0.159 e. The van der Waals surface area contributed by atoms with Gasteiger partial charge in [-0.25, -0.2) is 0 Å². The molecule has 6 heteroatoms. The minimum atomic E-state index is -1.34. The van der Waals surface area contributed by atoms with Gasteiger partial charge in [-0.15, -0.1) is 0 Å². The fraction of sp³-hybridized carbons (Fsp3) is 0.889. The number of allylic oxidation sites excluding steroid dienone is 1. The van der Waals surface area contributed by atoms with Crippen molar-refractivity contribution in [3.63, 3.8) is 0 Å². The molecule has 0 aromatic carbocycles. The van der Waals surface area contributed by atoms with Crippen molar-refractivity contribution >= 4 is 5.78 Å². The van der Waals surface area contributed by atoms with Crippen LogP contribution in [-0.2, 0) is 4.79 Å². The van der Waals surface area contributed by atoms with Crippen molar-refractivity contribution in [3.8, 4) is 0 Å². The van der Waals surface area contributed by atoms with Crippen molar-refractivity contribution in [2.75, 3.05) is 0 Å². The minimum Gasteiger partial charge on any atom is -0.390 e. The van der Waals surface area contributed by atoms with E-state index in [0.29, 0.717) is 38.0 Å². The van der Waals surface area contributed by atoms with Crippen molar-refractivity contribution in [2.45, 2.75) is 115 Å². The Morgan fingerprint density at radius 1 is 1.09 bits per heavy atom.